The van der Waals surface area contributed by atoms with Crippen LogP contribution < -0.4 is 15.2 Å². The van der Waals surface area contributed by atoms with E-state index in [0.29, 0.717) is 6.54 Å². The minimum Gasteiger partial charge on any atom is -0.497 e. The third-order valence-corrected chi connectivity index (χ3v) is 2.63. The number of rotatable bonds is 5. The van der Waals surface area contributed by atoms with Gasteiger partial charge >= 0.3 is 0 Å². The molecule has 0 spiro atoms. The molecule has 0 amide bonds. The van der Waals surface area contributed by atoms with Crippen LogP contribution in [0.15, 0.2) is 48.5 Å². The Morgan fingerprint density at radius 2 is 1.67 bits per heavy atom. The lowest BCUT2D eigenvalue weighted by atomic mass is 10.1. The topological polar surface area (TPSA) is 44.5 Å². The van der Waals surface area contributed by atoms with E-state index in [0.717, 1.165) is 23.7 Å². The molecule has 2 rings (SSSR count). The Bertz CT molecular complexity index is 494. The average molecular weight is 243 g/mol. The lowest BCUT2D eigenvalue weighted by Crippen LogP contribution is -2.02. The van der Waals surface area contributed by atoms with E-state index in [1.165, 1.54) is 5.56 Å². The van der Waals surface area contributed by atoms with E-state index in [1.807, 2.05) is 48.5 Å². The maximum atomic E-state index is 5.74. The van der Waals surface area contributed by atoms with Gasteiger partial charge in [0.2, 0.25) is 0 Å². The van der Waals surface area contributed by atoms with Gasteiger partial charge in [-0.2, -0.15) is 0 Å². The monoisotopic (exact) mass is 243 g/mol. The Hall–Kier alpha value is -2.00. The number of nitrogens with two attached hydrogens (primary N) is 1. The molecule has 0 atom stereocenters. The molecule has 0 aliphatic carbocycles. The van der Waals surface area contributed by atoms with Crippen LogP contribution in [0.3, 0.4) is 0 Å². The van der Waals surface area contributed by atoms with E-state index in [9.17, 15) is 0 Å². The number of benzene rings is 2. The second-order valence-electron chi connectivity index (χ2n) is 3.96. The summed E-state index contributed by atoms with van der Waals surface area (Å²) in [5, 5.41) is 0. The molecule has 0 aliphatic heterocycles. The van der Waals surface area contributed by atoms with Crippen LogP contribution >= 0.6 is 0 Å². The smallest absolute Gasteiger partial charge is 0.131 e. The van der Waals surface area contributed by atoms with Gasteiger partial charge in [-0.15, -0.1) is 0 Å². The van der Waals surface area contributed by atoms with Crippen molar-refractivity contribution in [2.45, 2.75) is 6.42 Å². The van der Waals surface area contributed by atoms with Crippen LogP contribution in [-0.4, -0.2) is 13.7 Å². The minimum absolute atomic E-state index is 0.663. The Kier molecular flexibility index (Phi) is 4.20. The molecule has 0 unspecified atom stereocenters. The lowest BCUT2D eigenvalue weighted by molar-refractivity contribution is 0.409. The van der Waals surface area contributed by atoms with Gasteiger partial charge in [0, 0.05) is 6.07 Å². The highest BCUT2D eigenvalue weighted by Gasteiger charge is 1.99. The molecule has 3 heteroatoms. The highest BCUT2D eigenvalue weighted by molar-refractivity contribution is 5.37. The molecule has 94 valence electrons. The van der Waals surface area contributed by atoms with Gasteiger partial charge in [0.05, 0.1) is 7.11 Å². The first-order valence-electron chi connectivity index (χ1n) is 5.93. The van der Waals surface area contributed by atoms with E-state index in [-0.39, 0.29) is 0 Å². The molecule has 2 N–H and O–H groups in total. The van der Waals surface area contributed by atoms with Crippen LogP contribution in [0, 0.1) is 0 Å². The molecule has 2 aromatic carbocycles. The molecular formula is C15H17NO2. The van der Waals surface area contributed by atoms with Crippen LogP contribution in [0.1, 0.15) is 5.56 Å². The second kappa shape index (κ2) is 6.07. The van der Waals surface area contributed by atoms with Gasteiger partial charge in [0.25, 0.3) is 0 Å². The van der Waals surface area contributed by atoms with Crippen molar-refractivity contribution in [1.82, 2.24) is 0 Å². The standard InChI is InChI=1S/C15H17NO2/c1-17-14-3-2-4-15(11-14)18-13-7-5-12(6-8-13)9-10-16/h2-8,11H,9-10,16H2,1H3. The van der Waals surface area contributed by atoms with Crippen molar-refractivity contribution in [3.05, 3.63) is 54.1 Å². The summed E-state index contributed by atoms with van der Waals surface area (Å²) in [7, 11) is 1.64. The zero-order chi connectivity index (χ0) is 12.8. The number of hydrogen-bond acceptors (Lipinski definition) is 3. The Labute approximate surface area is 107 Å². The molecule has 0 aliphatic rings. The molecule has 0 saturated heterocycles. The van der Waals surface area contributed by atoms with Gasteiger partial charge in [-0.1, -0.05) is 18.2 Å². The van der Waals surface area contributed by atoms with Crippen molar-refractivity contribution in [2.75, 3.05) is 13.7 Å². The van der Waals surface area contributed by atoms with Gasteiger partial charge in [0.15, 0.2) is 0 Å². The Balaban J connectivity index is 2.08. The highest BCUT2D eigenvalue weighted by Crippen LogP contribution is 2.25. The molecular weight excluding hydrogens is 226 g/mol. The average Bonchev–Trinajstić information content (AvgIpc) is 2.42. The fourth-order valence-electron chi connectivity index (χ4n) is 1.69. The SMILES string of the molecule is COc1cccc(Oc2ccc(CCN)cc2)c1. The van der Waals surface area contributed by atoms with Crippen LogP contribution in [0.2, 0.25) is 0 Å². The Morgan fingerprint density at radius 3 is 2.33 bits per heavy atom. The number of methoxy groups -OCH3 is 1. The first-order chi connectivity index (χ1) is 8.81. The van der Waals surface area contributed by atoms with Crippen molar-refractivity contribution in [1.29, 1.82) is 0 Å². The number of ether oxygens (including phenoxy) is 2. The highest BCUT2D eigenvalue weighted by atomic mass is 16.5. The van der Waals surface area contributed by atoms with Gasteiger partial charge in [-0.25, -0.2) is 0 Å². The van der Waals surface area contributed by atoms with Gasteiger partial charge < -0.3 is 15.2 Å². The Morgan fingerprint density at radius 1 is 0.944 bits per heavy atom. The van der Waals surface area contributed by atoms with Crippen LogP contribution in [0.25, 0.3) is 0 Å². The summed E-state index contributed by atoms with van der Waals surface area (Å²) in [6.45, 7) is 0.663. The predicted molar refractivity (Wildman–Crippen MR) is 72.3 cm³/mol. The normalized spacial score (nSPS) is 10.1. The zero-order valence-corrected chi connectivity index (χ0v) is 10.4. The third-order valence-electron chi connectivity index (χ3n) is 2.63. The third kappa shape index (κ3) is 3.25. The lowest BCUT2D eigenvalue weighted by Gasteiger charge is -2.08. The van der Waals surface area contributed by atoms with Crippen molar-refractivity contribution in [3.63, 3.8) is 0 Å². The van der Waals surface area contributed by atoms with Gasteiger partial charge in [-0.05, 0) is 42.8 Å². The van der Waals surface area contributed by atoms with Crippen LogP contribution in [-0.2, 0) is 6.42 Å². The summed E-state index contributed by atoms with van der Waals surface area (Å²) in [5.74, 6) is 2.36. The van der Waals surface area contributed by atoms with E-state index in [2.05, 4.69) is 0 Å². The molecule has 0 radical (unpaired) electrons. The molecule has 18 heavy (non-hydrogen) atoms. The number of hydrogen-bond donors (Lipinski definition) is 1. The van der Waals surface area contributed by atoms with Gasteiger partial charge in [-0.3, -0.25) is 0 Å². The summed E-state index contributed by atoms with van der Waals surface area (Å²) >= 11 is 0. The first kappa shape index (κ1) is 12.5. The summed E-state index contributed by atoms with van der Waals surface area (Å²) in [6.07, 6.45) is 0.888. The largest absolute Gasteiger partial charge is 0.497 e. The summed E-state index contributed by atoms with van der Waals surface area (Å²) in [6, 6.07) is 15.5. The first-order valence-corrected chi connectivity index (χ1v) is 5.93. The van der Waals surface area contributed by atoms with Crippen molar-refractivity contribution in [3.8, 4) is 17.2 Å². The molecule has 0 aromatic heterocycles. The van der Waals surface area contributed by atoms with Crippen molar-refractivity contribution in [2.24, 2.45) is 5.73 Å². The minimum atomic E-state index is 0.663. The summed E-state index contributed by atoms with van der Waals surface area (Å²) in [4.78, 5) is 0. The molecule has 2 aromatic rings. The fraction of sp³-hybridized carbons (Fsp3) is 0.200. The maximum Gasteiger partial charge on any atom is 0.131 e. The second-order valence-corrected chi connectivity index (χ2v) is 3.96. The summed E-state index contributed by atoms with van der Waals surface area (Å²) in [5.41, 5.74) is 6.73. The molecule has 0 bridgehead atoms. The van der Waals surface area contributed by atoms with E-state index >= 15 is 0 Å². The van der Waals surface area contributed by atoms with Crippen molar-refractivity contribution < 1.29 is 9.47 Å². The van der Waals surface area contributed by atoms with E-state index in [4.69, 9.17) is 15.2 Å². The predicted octanol–water partition coefficient (Wildman–Crippen LogP) is 2.99. The van der Waals surface area contributed by atoms with Crippen molar-refractivity contribution >= 4 is 0 Å². The maximum absolute atomic E-state index is 5.74. The van der Waals surface area contributed by atoms with Crippen LogP contribution in [0.5, 0.6) is 17.2 Å². The van der Waals surface area contributed by atoms with Crippen LogP contribution in [0.4, 0.5) is 0 Å². The zero-order valence-electron chi connectivity index (χ0n) is 10.4. The summed E-state index contributed by atoms with van der Waals surface area (Å²) < 4.78 is 10.9. The van der Waals surface area contributed by atoms with E-state index < -0.39 is 0 Å². The van der Waals surface area contributed by atoms with E-state index in [1.54, 1.807) is 7.11 Å². The molecule has 0 fully saturated rings. The molecule has 0 saturated carbocycles. The van der Waals surface area contributed by atoms with Gasteiger partial charge in [0.1, 0.15) is 17.2 Å². The molecule has 0 heterocycles. The fourth-order valence-corrected chi connectivity index (χ4v) is 1.69. The quantitative estimate of drug-likeness (QED) is 0.878. The molecule has 3 nitrogen and oxygen atoms in total.